The van der Waals surface area contributed by atoms with Crippen LogP contribution in [0.25, 0.3) is 0 Å². The summed E-state index contributed by atoms with van der Waals surface area (Å²) in [5, 5.41) is 3.16. The minimum absolute atomic E-state index is 0.0366. The summed E-state index contributed by atoms with van der Waals surface area (Å²) in [6.45, 7) is 7.99. The molecule has 0 aliphatic rings. The summed E-state index contributed by atoms with van der Waals surface area (Å²) in [7, 11) is -3.76. The maximum atomic E-state index is 12.7. The minimum atomic E-state index is -3.76. The average Bonchev–Trinajstić information content (AvgIpc) is 2.59. The SMILES string of the molecule is CC(C)COc1ccc(NC(=O)c2cc(S(=O)(=O)NC(C)C)ccc2Cl)cc1Cl. The first-order valence-electron chi connectivity index (χ1n) is 9.05. The van der Waals surface area contributed by atoms with Gasteiger partial charge < -0.3 is 10.1 Å². The molecule has 1 amide bonds. The Labute approximate surface area is 181 Å². The number of halogens is 2. The fourth-order valence-electron chi connectivity index (χ4n) is 2.37. The summed E-state index contributed by atoms with van der Waals surface area (Å²) in [5.41, 5.74) is 0.469. The molecule has 9 heteroatoms. The quantitative estimate of drug-likeness (QED) is 0.584. The highest BCUT2D eigenvalue weighted by atomic mass is 35.5. The summed E-state index contributed by atoms with van der Waals surface area (Å²) in [4.78, 5) is 12.6. The highest BCUT2D eigenvalue weighted by molar-refractivity contribution is 7.89. The standard InChI is InChI=1S/C20H24Cl2N2O4S/c1-12(2)11-28-19-8-5-14(9-18(19)22)23-20(25)16-10-15(6-7-17(16)21)29(26,27)24-13(3)4/h5-10,12-13,24H,11H2,1-4H3,(H,23,25). The molecule has 0 atom stereocenters. The Morgan fingerprint density at radius 1 is 1.03 bits per heavy atom. The van der Waals surface area contributed by atoms with Crippen molar-refractivity contribution in [3.63, 3.8) is 0 Å². The summed E-state index contributed by atoms with van der Waals surface area (Å²) in [6.07, 6.45) is 0. The van der Waals surface area contributed by atoms with Crippen molar-refractivity contribution < 1.29 is 17.9 Å². The number of hydrogen-bond acceptors (Lipinski definition) is 4. The van der Waals surface area contributed by atoms with Crippen LogP contribution in [0, 0.1) is 5.92 Å². The predicted octanol–water partition coefficient (Wildman–Crippen LogP) is 4.97. The summed E-state index contributed by atoms with van der Waals surface area (Å²) in [6, 6.07) is 8.55. The molecule has 2 aromatic carbocycles. The van der Waals surface area contributed by atoms with E-state index in [2.05, 4.69) is 10.0 Å². The van der Waals surface area contributed by atoms with Gasteiger partial charge in [-0.1, -0.05) is 37.0 Å². The van der Waals surface area contributed by atoms with Gasteiger partial charge in [0.1, 0.15) is 5.75 Å². The molecule has 0 radical (unpaired) electrons. The first-order valence-corrected chi connectivity index (χ1v) is 11.3. The summed E-state index contributed by atoms with van der Waals surface area (Å²) < 4.78 is 32.8. The molecule has 0 saturated heterocycles. The highest BCUT2D eigenvalue weighted by Gasteiger charge is 2.20. The Balaban J connectivity index is 2.23. The first kappa shape index (κ1) is 23.5. The van der Waals surface area contributed by atoms with Crippen LogP contribution >= 0.6 is 23.2 Å². The molecule has 0 aliphatic heterocycles. The largest absolute Gasteiger partial charge is 0.492 e. The molecule has 2 aromatic rings. The van der Waals surface area contributed by atoms with Crippen LogP contribution in [0.5, 0.6) is 5.75 Å². The smallest absolute Gasteiger partial charge is 0.257 e. The second kappa shape index (κ2) is 9.80. The third kappa shape index (κ3) is 6.60. The molecular weight excluding hydrogens is 435 g/mol. The van der Waals surface area contributed by atoms with Crippen LogP contribution in [0.3, 0.4) is 0 Å². The minimum Gasteiger partial charge on any atom is -0.492 e. The average molecular weight is 459 g/mol. The lowest BCUT2D eigenvalue weighted by Crippen LogP contribution is -2.30. The normalized spacial score (nSPS) is 11.7. The molecular formula is C20H24Cl2N2O4S. The molecule has 0 spiro atoms. The van der Waals surface area contributed by atoms with Crippen LogP contribution in [-0.4, -0.2) is 27.0 Å². The van der Waals surface area contributed by atoms with Gasteiger partial charge in [-0.05, 0) is 56.2 Å². The van der Waals surface area contributed by atoms with Crippen LogP contribution in [0.15, 0.2) is 41.3 Å². The molecule has 158 valence electrons. The Hall–Kier alpha value is -1.80. The lowest BCUT2D eigenvalue weighted by Gasteiger charge is -2.13. The molecule has 0 unspecified atom stereocenters. The number of carbonyl (C=O) groups is 1. The third-order valence-electron chi connectivity index (χ3n) is 3.65. The Kier molecular flexibility index (Phi) is 7.94. The maximum absolute atomic E-state index is 12.7. The highest BCUT2D eigenvalue weighted by Crippen LogP contribution is 2.29. The zero-order valence-corrected chi connectivity index (χ0v) is 19.0. The van der Waals surface area contributed by atoms with Gasteiger partial charge in [0.2, 0.25) is 10.0 Å². The van der Waals surface area contributed by atoms with Crippen molar-refractivity contribution in [3.8, 4) is 5.75 Å². The fraction of sp³-hybridized carbons (Fsp3) is 0.350. The van der Waals surface area contributed by atoms with E-state index in [1.165, 1.54) is 18.2 Å². The summed E-state index contributed by atoms with van der Waals surface area (Å²) >= 11 is 12.3. The van der Waals surface area contributed by atoms with Gasteiger partial charge in [-0.3, -0.25) is 4.79 Å². The molecule has 0 heterocycles. The van der Waals surface area contributed by atoms with Crippen molar-refractivity contribution in [1.82, 2.24) is 4.72 Å². The molecule has 0 fully saturated rings. The number of hydrogen-bond donors (Lipinski definition) is 2. The van der Waals surface area contributed by atoms with Crippen LogP contribution in [-0.2, 0) is 10.0 Å². The number of ether oxygens (including phenoxy) is 1. The number of nitrogens with one attached hydrogen (secondary N) is 2. The van der Waals surface area contributed by atoms with Gasteiger partial charge in [-0.2, -0.15) is 0 Å². The van der Waals surface area contributed by atoms with Gasteiger partial charge in [0, 0.05) is 11.7 Å². The molecule has 6 nitrogen and oxygen atoms in total. The van der Waals surface area contributed by atoms with E-state index in [1.807, 2.05) is 13.8 Å². The zero-order chi connectivity index (χ0) is 21.8. The van der Waals surface area contributed by atoms with Crippen molar-refractivity contribution >= 4 is 44.8 Å². The van der Waals surface area contributed by atoms with Crippen LogP contribution in [0.1, 0.15) is 38.1 Å². The summed E-state index contributed by atoms with van der Waals surface area (Å²) in [5.74, 6) is 0.314. The molecule has 0 saturated carbocycles. The lowest BCUT2D eigenvalue weighted by molar-refractivity contribution is 0.102. The molecule has 0 bridgehead atoms. The topological polar surface area (TPSA) is 84.5 Å². The van der Waals surface area contributed by atoms with Crippen LogP contribution < -0.4 is 14.8 Å². The lowest BCUT2D eigenvalue weighted by atomic mass is 10.2. The van der Waals surface area contributed by atoms with Crippen molar-refractivity contribution in [1.29, 1.82) is 0 Å². The maximum Gasteiger partial charge on any atom is 0.257 e. The van der Waals surface area contributed by atoms with Gasteiger partial charge >= 0.3 is 0 Å². The van der Waals surface area contributed by atoms with E-state index in [0.29, 0.717) is 29.0 Å². The van der Waals surface area contributed by atoms with Gasteiger partial charge in [0.25, 0.3) is 5.91 Å². The van der Waals surface area contributed by atoms with Gasteiger partial charge in [0.15, 0.2) is 0 Å². The first-order chi connectivity index (χ1) is 13.5. The number of rotatable bonds is 8. The molecule has 2 N–H and O–H groups in total. The van der Waals surface area contributed by atoms with E-state index in [4.69, 9.17) is 27.9 Å². The number of benzene rings is 2. The number of anilines is 1. The van der Waals surface area contributed by atoms with Crippen LogP contribution in [0.4, 0.5) is 5.69 Å². The van der Waals surface area contributed by atoms with Crippen LogP contribution in [0.2, 0.25) is 10.0 Å². The van der Waals surface area contributed by atoms with E-state index >= 15 is 0 Å². The van der Waals surface area contributed by atoms with E-state index < -0.39 is 15.9 Å². The Morgan fingerprint density at radius 3 is 2.31 bits per heavy atom. The van der Waals surface area contributed by atoms with Gasteiger partial charge in [0.05, 0.1) is 27.1 Å². The van der Waals surface area contributed by atoms with Crippen molar-refractivity contribution in [2.24, 2.45) is 5.92 Å². The Morgan fingerprint density at radius 2 is 1.72 bits per heavy atom. The molecule has 29 heavy (non-hydrogen) atoms. The second-order valence-electron chi connectivity index (χ2n) is 7.22. The van der Waals surface area contributed by atoms with Gasteiger partial charge in [-0.25, -0.2) is 13.1 Å². The Bertz CT molecular complexity index is 992. The monoisotopic (exact) mass is 458 g/mol. The van der Waals surface area contributed by atoms with E-state index in [1.54, 1.807) is 32.0 Å². The number of amides is 1. The molecule has 0 aromatic heterocycles. The second-order valence-corrected chi connectivity index (χ2v) is 9.75. The van der Waals surface area contributed by atoms with Crippen molar-refractivity contribution in [3.05, 3.63) is 52.0 Å². The van der Waals surface area contributed by atoms with Crippen molar-refractivity contribution in [2.45, 2.75) is 38.6 Å². The number of carbonyl (C=O) groups excluding carboxylic acids is 1. The van der Waals surface area contributed by atoms with E-state index in [9.17, 15) is 13.2 Å². The molecule has 2 rings (SSSR count). The fourth-order valence-corrected chi connectivity index (χ4v) is 4.09. The third-order valence-corrected chi connectivity index (χ3v) is 5.93. The zero-order valence-electron chi connectivity index (χ0n) is 16.6. The van der Waals surface area contributed by atoms with Crippen molar-refractivity contribution in [2.75, 3.05) is 11.9 Å². The van der Waals surface area contributed by atoms with E-state index in [0.717, 1.165) is 0 Å². The number of sulfonamides is 1. The predicted molar refractivity (Wildman–Crippen MR) is 117 cm³/mol. The molecule has 0 aliphatic carbocycles. The van der Waals surface area contributed by atoms with Gasteiger partial charge in [-0.15, -0.1) is 0 Å². The van der Waals surface area contributed by atoms with E-state index in [-0.39, 0.29) is 21.5 Å².